The van der Waals surface area contributed by atoms with Crippen molar-refractivity contribution in [2.75, 3.05) is 46.8 Å². The van der Waals surface area contributed by atoms with Crippen LogP contribution in [0.2, 0.25) is 0 Å². The first-order chi connectivity index (χ1) is 6.20. The standard InChI is InChI=1S/C9H18N3O/c1-11(2)6-3-9(13)12-7-4-10-5-8-12/h3-8H2,1-2H3. The Balaban J connectivity index is 2.21. The molecule has 1 saturated heterocycles. The molecule has 75 valence electrons. The molecule has 0 unspecified atom stereocenters. The second kappa shape index (κ2) is 5.19. The molecule has 0 saturated carbocycles. The van der Waals surface area contributed by atoms with Gasteiger partial charge in [-0.25, -0.2) is 5.32 Å². The topological polar surface area (TPSA) is 37.7 Å². The molecule has 1 rings (SSSR count). The van der Waals surface area contributed by atoms with Crippen LogP contribution < -0.4 is 5.32 Å². The van der Waals surface area contributed by atoms with Crippen LogP contribution in [-0.2, 0) is 4.79 Å². The van der Waals surface area contributed by atoms with E-state index in [1.807, 2.05) is 23.9 Å². The van der Waals surface area contributed by atoms with Crippen LogP contribution in [0.5, 0.6) is 0 Å². The van der Waals surface area contributed by atoms with Crippen LogP contribution in [0.15, 0.2) is 0 Å². The number of carbonyl (C=O) groups is 1. The van der Waals surface area contributed by atoms with Crippen LogP contribution in [0, 0.1) is 0 Å². The van der Waals surface area contributed by atoms with Gasteiger partial charge in [0.15, 0.2) is 0 Å². The van der Waals surface area contributed by atoms with Crippen molar-refractivity contribution in [3.63, 3.8) is 0 Å². The fraction of sp³-hybridized carbons (Fsp3) is 0.889. The lowest BCUT2D eigenvalue weighted by Crippen LogP contribution is -2.44. The van der Waals surface area contributed by atoms with Crippen LogP contribution in [0.1, 0.15) is 6.42 Å². The van der Waals surface area contributed by atoms with Gasteiger partial charge >= 0.3 is 0 Å². The lowest BCUT2D eigenvalue weighted by atomic mass is 10.3. The molecule has 0 atom stereocenters. The Hall–Kier alpha value is -0.610. The Morgan fingerprint density at radius 1 is 1.38 bits per heavy atom. The van der Waals surface area contributed by atoms with Gasteiger partial charge in [0.05, 0.1) is 0 Å². The fourth-order valence-electron chi connectivity index (χ4n) is 1.33. The van der Waals surface area contributed by atoms with E-state index in [2.05, 4.69) is 5.32 Å². The van der Waals surface area contributed by atoms with E-state index >= 15 is 0 Å². The molecule has 1 radical (unpaired) electrons. The molecule has 0 aliphatic carbocycles. The van der Waals surface area contributed by atoms with Gasteiger partial charge in [-0.2, -0.15) is 0 Å². The molecule has 0 spiro atoms. The van der Waals surface area contributed by atoms with E-state index in [1.54, 1.807) is 0 Å². The van der Waals surface area contributed by atoms with E-state index in [1.165, 1.54) is 0 Å². The van der Waals surface area contributed by atoms with E-state index < -0.39 is 0 Å². The first kappa shape index (κ1) is 10.5. The lowest BCUT2D eigenvalue weighted by Gasteiger charge is -2.27. The minimum atomic E-state index is 0.267. The second-order valence-corrected chi connectivity index (χ2v) is 3.60. The van der Waals surface area contributed by atoms with Crippen LogP contribution in [0.3, 0.4) is 0 Å². The van der Waals surface area contributed by atoms with Crippen LogP contribution in [0.4, 0.5) is 0 Å². The van der Waals surface area contributed by atoms with E-state index in [-0.39, 0.29) is 5.91 Å². The second-order valence-electron chi connectivity index (χ2n) is 3.60. The quantitative estimate of drug-likeness (QED) is 0.586. The number of piperazine rings is 1. The molecule has 4 heteroatoms. The molecule has 1 heterocycles. The highest BCUT2D eigenvalue weighted by Gasteiger charge is 2.15. The van der Waals surface area contributed by atoms with Gasteiger partial charge in [0.2, 0.25) is 5.91 Å². The Kier molecular flexibility index (Phi) is 4.18. The number of amides is 1. The zero-order chi connectivity index (χ0) is 9.68. The summed E-state index contributed by atoms with van der Waals surface area (Å²) in [5, 5.41) is 4.20. The molecule has 13 heavy (non-hydrogen) atoms. The summed E-state index contributed by atoms with van der Waals surface area (Å²) < 4.78 is 0. The molecule has 0 aromatic carbocycles. The first-order valence-electron chi connectivity index (χ1n) is 4.76. The summed E-state index contributed by atoms with van der Waals surface area (Å²) in [5.74, 6) is 0.267. The van der Waals surface area contributed by atoms with Crippen molar-refractivity contribution in [1.82, 2.24) is 15.1 Å². The molecule has 1 aliphatic heterocycles. The average Bonchev–Trinajstić information content (AvgIpc) is 2.15. The summed E-state index contributed by atoms with van der Waals surface area (Å²) in [7, 11) is 3.97. The minimum Gasteiger partial charge on any atom is -0.340 e. The van der Waals surface area contributed by atoms with E-state index in [0.717, 1.165) is 32.7 Å². The molecule has 0 N–H and O–H groups in total. The third-order valence-corrected chi connectivity index (χ3v) is 2.18. The molecule has 1 amide bonds. The van der Waals surface area contributed by atoms with Crippen LogP contribution in [-0.4, -0.2) is 62.5 Å². The summed E-state index contributed by atoms with van der Waals surface area (Å²) in [6.45, 7) is 4.09. The van der Waals surface area contributed by atoms with Gasteiger partial charge in [-0.3, -0.25) is 4.79 Å². The third-order valence-electron chi connectivity index (χ3n) is 2.18. The number of hydrogen-bond acceptors (Lipinski definition) is 2. The Morgan fingerprint density at radius 3 is 2.54 bits per heavy atom. The molecule has 0 aromatic heterocycles. The number of nitrogens with zero attached hydrogens (tertiary/aromatic N) is 3. The Morgan fingerprint density at radius 2 is 2.00 bits per heavy atom. The van der Waals surface area contributed by atoms with Crippen molar-refractivity contribution in [3.05, 3.63) is 0 Å². The highest BCUT2D eigenvalue weighted by atomic mass is 16.2. The van der Waals surface area contributed by atoms with Gasteiger partial charge < -0.3 is 9.80 Å². The van der Waals surface area contributed by atoms with Gasteiger partial charge in [-0.15, -0.1) is 0 Å². The molecule has 1 aliphatic rings. The predicted octanol–water partition coefficient (Wildman–Crippen LogP) is -0.615. The van der Waals surface area contributed by atoms with Crippen LogP contribution >= 0.6 is 0 Å². The summed E-state index contributed by atoms with van der Waals surface area (Å²) in [6, 6.07) is 0. The van der Waals surface area contributed by atoms with Gasteiger partial charge in [-0.1, -0.05) is 0 Å². The first-order valence-corrected chi connectivity index (χ1v) is 4.76. The Bertz CT molecular complexity index is 164. The third kappa shape index (κ3) is 3.74. The van der Waals surface area contributed by atoms with Crippen molar-refractivity contribution in [2.24, 2.45) is 0 Å². The minimum absolute atomic E-state index is 0.267. The van der Waals surface area contributed by atoms with Gasteiger partial charge in [0.1, 0.15) is 0 Å². The molecular weight excluding hydrogens is 166 g/mol. The summed E-state index contributed by atoms with van der Waals surface area (Å²) in [5.41, 5.74) is 0. The molecule has 0 aromatic rings. The zero-order valence-corrected chi connectivity index (χ0v) is 8.49. The largest absolute Gasteiger partial charge is 0.340 e. The summed E-state index contributed by atoms with van der Waals surface area (Å²) in [6.07, 6.45) is 0.632. The molecular formula is C9H18N3O. The van der Waals surface area contributed by atoms with Crippen molar-refractivity contribution in [3.8, 4) is 0 Å². The summed E-state index contributed by atoms with van der Waals surface area (Å²) >= 11 is 0. The molecule has 4 nitrogen and oxygen atoms in total. The van der Waals surface area contributed by atoms with E-state index in [0.29, 0.717) is 6.42 Å². The average molecular weight is 184 g/mol. The molecule has 1 fully saturated rings. The number of hydrogen-bond donors (Lipinski definition) is 0. The van der Waals surface area contributed by atoms with E-state index in [9.17, 15) is 4.79 Å². The SMILES string of the molecule is CN(C)CCC(=O)N1CC[N]CC1. The maximum Gasteiger partial charge on any atom is 0.223 e. The Labute approximate surface area is 79.9 Å². The zero-order valence-electron chi connectivity index (χ0n) is 8.49. The smallest absolute Gasteiger partial charge is 0.223 e. The van der Waals surface area contributed by atoms with Crippen molar-refractivity contribution in [1.29, 1.82) is 0 Å². The van der Waals surface area contributed by atoms with Crippen molar-refractivity contribution in [2.45, 2.75) is 6.42 Å². The monoisotopic (exact) mass is 184 g/mol. The van der Waals surface area contributed by atoms with Crippen molar-refractivity contribution >= 4 is 5.91 Å². The maximum absolute atomic E-state index is 11.6. The van der Waals surface area contributed by atoms with Gasteiger partial charge in [-0.05, 0) is 14.1 Å². The normalized spacial score (nSPS) is 17.9. The summed E-state index contributed by atoms with van der Waals surface area (Å²) in [4.78, 5) is 15.5. The fourth-order valence-corrected chi connectivity index (χ4v) is 1.33. The predicted molar refractivity (Wildman–Crippen MR) is 51.6 cm³/mol. The lowest BCUT2D eigenvalue weighted by molar-refractivity contribution is -0.132. The van der Waals surface area contributed by atoms with Gasteiger partial charge in [0.25, 0.3) is 0 Å². The van der Waals surface area contributed by atoms with E-state index in [4.69, 9.17) is 0 Å². The number of rotatable bonds is 3. The number of carbonyl (C=O) groups excluding carboxylic acids is 1. The van der Waals surface area contributed by atoms with Crippen LogP contribution in [0.25, 0.3) is 0 Å². The highest BCUT2D eigenvalue weighted by Crippen LogP contribution is 1.98. The van der Waals surface area contributed by atoms with Gasteiger partial charge in [0, 0.05) is 39.1 Å². The molecule has 0 bridgehead atoms. The van der Waals surface area contributed by atoms with Crippen molar-refractivity contribution < 1.29 is 4.79 Å². The highest BCUT2D eigenvalue weighted by molar-refractivity contribution is 5.76. The maximum atomic E-state index is 11.6.